The molecule has 2 N–H and O–H groups in total. The minimum atomic E-state index is -3.90. The van der Waals surface area contributed by atoms with E-state index in [1.54, 1.807) is 42.5 Å². The van der Waals surface area contributed by atoms with Crippen molar-refractivity contribution in [3.63, 3.8) is 0 Å². The summed E-state index contributed by atoms with van der Waals surface area (Å²) >= 11 is 5.95. The zero-order valence-corrected chi connectivity index (χ0v) is 22.4. The van der Waals surface area contributed by atoms with Crippen LogP contribution in [0.5, 0.6) is 0 Å². The van der Waals surface area contributed by atoms with Crippen molar-refractivity contribution in [3.05, 3.63) is 119 Å². The minimum Gasteiger partial charge on any atom is -0.459 e. The van der Waals surface area contributed by atoms with E-state index in [0.29, 0.717) is 16.5 Å². The van der Waals surface area contributed by atoms with E-state index < -0.39 is 21.8 Å². The molecule has 1 heterocycles. The van der Waals surface area contributed by atoms with Crippen LogP contribution in [-0.4, -0.2) is 30.8 Å². The molecule has 11 heteroatoms. The number of anilines is 1. The van der Waals surface area contributed by atoms with Crippen LogP contribution in [0.2, 0.25) is 5.02 Å². The third-order valence-corrected chi connectivity index (χ3v) is 7.60. The number of rotatable bonds is 9. The molecule has 0 unspecified atom stereocenters. The number of aryl methyl sites for hydroxylation is 1. The van der Waals surface area contributed by atoms with Crippen LogP contribution in [0.3, 0.4) is 0 Å². The third-order valence-electron chi connectivity index (χ3n) is 5.54. The molecule has 0 atom stereocenters. The topological polar surface area (TPSA) is 121 Å². The van der Waals surface area contributed by atoms with Crippen molar-refractivity contribution in [2.24, 2.45) is 5.10 Å². The number of sulfonamides is 1. The molecule has 9 nitrogen and oxygen atoms in total. The fourth-order valence-electron chi connectivity index (χ4n) is 3.52. The van der Waals surface area contributed by atoms with E-state index in [4.69, 9.17) is 16.0 Å². The lowest BCUT2D eigenvalue weighted by molar-refractivity contribution is -0.136. The summed E-state index contributed by atoms with van der Waals surface area (Å²) in [5.74, 6) is -1.22. The average molecular weight is 565 g/mol. The molecule has 4 aromatic rings. The van der Waals surface area contributed by atoms with Crippen molar-refractivity contribution >= 4 is 45.3 Å². The van der Waals surface area contributed by atoms with Crippen LogP contribution >= 0.6 is 11.6 Å². The highest BCUT2D eigenvalue weighted by atomic mass is 35.5. The van der Waals surface area contributed by atoms with E-state index in [1.165, 1.54) is 34.8 Å². The van der Waals surface area contributed by atoms with Gasteiger partial charge in [-0.25, -0.2) is 13.8 Å². The molecule has 0 aliphatic heterocycles. The lowest BCUT2D eigenvalue weighted by Crippen LogP contribution is -2.32. The molecule has 200 valence electrons. The molecular formula is C28H25ClN4O5S. The maximum Gasteiger partial charge on any atom is 0.329 e. The summed E-state index contributed by atoms with van der Waals surface area (Å²) in [6.45, 7) is 2.01. The van der Waals surface area contributed by atoms with Crippen LogP contribution in [-0.2, 0) is 32.7 Å². The number of hydrazone groups is 1. The minimum absolute atomic E-state index is 0.0570. The Morgan fingerprint density at radius 1 is 0.897 bits per heavy atom. The first-order valence-corrected chi connectivity index (χ1v) is 13.6. The number of nitrogens with zero attached hydrogens (tertiary/aromatic N) is 2. The number of carbonyl (C=O) groups excluding carboxylic acids is 2. The molecule has 0 aliphatic carbocycles. The maximum absolute atomic E-state index is 13.5. The van der Waals surface area contributed by atoms with E-state index in [1.807, 2.05) is 31.2 Å². The van der Waals surface area contributed by atoms with Crippen molar-refractivity contribution in [3.8, 4) is 0 Å². The monoisotopic (exact) mass is 564 g/mol. The van der Waals surface area contributed by atoms with Crippen molar-refractivity contribution < 1.29 is 22.4 Å². The van der Waals surface area contributed by atoms with Gasteiger partial charge in [0.1, 0.15) is 11.5 Å². The molecule has 3 aromatic carbocycles. The average Bonchev–Trinajstić information content (AvgIpc) is 3.37. The first-order chi connectivity index (χ1) is 18.7. The molecule has 39 heavy (non-hydrogen) atoms. The number of halogens is 1. The van der Waals surface area contributed by atoms with Gasteiger partial charge in [-0.3, -0.25) is 9.59 Å². The Morgan fingerprint density at radius 3 is 2.28 bits per heavy atom. The van der Waals surface area contributed by atoms with Crippen LogP contribution < -0.4 is 10.7 Å². The number of hydrogen-bond acceptors (Lipinski definition) is 6. The van der Waals surface area contributed by atoms with Gasteiger partial charge in [0.2, 0.25) is 10.0 Å². The Morgan fingerprint density at radius 2 is 1.59 bits per heavy atom. The lowest BCUT2D eigenvalue weighted by atomic mass is 10.1. The molecule has 0 bridgehead atoms. The van der Waals surface area contributed by atoms with Crippen LogP contribution in [0.25, 0.3) is 0 Å². The number of carbonyl (C=O) groups is 2. The first-order valence-electron chi connectivity index (χ1n) is 11.8. The van der Waals surface area contributed by atoms with E-state index in [2.05, 4.69) is 15.8 Å². The quantitative estimate of drug-likeness (QED) is 0.173. The predicted octanol–water partition coefficient (Wildman–Crippen LogP) is 4.72. The summed E-state index contributed by atoms with van der Waals surface area (Å²) in [5, 5.41) is 6.63. The zero-order valence-electron chi connectivity index (χ0n) is 20.9. The molecule has 0 saturated carbocycles. The Bertz CT molecular complexity index is 1570. The Labute approximate surface area is 231 Å². The van der Waals surface area contributed by atoms with E-state index in [0.717, 1.165) is 11.1 Å². The van der Waals surface area contributed by atoms with Gasteiger partial charge < -0.3 is 9.73 Å². The van der Waals surface area contributed by atoms with Crippen molar-refractivity contribution in [1.29, 1.82) is 0 Å². The lowest BCUT2D eigenvalue weighted by Gasteiger charge is -2.21. The Balaban J connectivity index is 1.45. The largest absolute Gasteiger partial charge is 0.459 e. The second kappa shape index (κ2) is 12.5. The first kappa shape index (κ1) is 27.8. The number of amides is 2. The van der Waals surface area contributed by atoms with E-state index in [9.17, 15) is 18.0 Å². The van der Waals surface area contributed by atoms with E-state index in [-0.39, 0.29) is 23.7 Å². The second-order valence-corrected chi connectivity index (χ2v) is 10.9. The molecule has 0 radical (unpaired) electrons. The number of para-hydroxylation sites is 1. The van der Waals surface area contributed by atoms with Gasteiger partial charge in [-0.2, -0.15) is 9.41 Å². The van der Waals surface area contributed by atoms with Gasteiger partial charge in [-0.15, -0.1) is 0 Å². The fourth-order valence-corrected chi connectivity index (χ4v) is 5.04. The highest BCUT2D eigenvalue weighted by molar-refractivity contribution is 7.89. The van der Waals surface area contributed by atoms with Crippen molar-refractivity contribution in [1.82, 2.24) is 9.73 Å². The smallest absolute Gasteiger partial charge is 0.329 e. The van der Waals surface area contributed by atoms with Crippen LogP contribution in [0, 0.1) is 6.92 Å². The molecule has 0 aliphatic rings. The van der Waals surface area contributed by atoms with Gasteiger partial charge in [0.25, 0.3) is 0 Å². The predicted molar refractivity (Wildman–Crippen MR) is 149 cm³/mol. The SMILES string of the molecule is Cc1ccc(CN(Cc2ccc(/C=N/NC(=O)C(=O)Nc3ccccc3)o2)S(=O)(=O)c2ccc(Cl)cc2)cc1. The Kier molecular flexibility index (Phi) is 8.92. The molecule has 4 rings (SSSR count). The summed E-state index contributed by atoms with van der Waals surface area (Å²) in [6.07, 6.45) is 1.22. The number of hydrogen-bond donors (Lipinski definition) is 2. The highest BCUT2D eigenvalue weighted by Gasteiger charge is 2.26. The summed E-state index contributed by atoms with van der Waals surface area (Å²) in [6, 6.07) is 25.2. The normalized spacial score (nSPS) is 11.6. The highest BCUT2D eigenvalue weighted by Crippen LogP contribution is 2.23. The second-order valence-electron chi connectivity index (χ2n) is 8.54. The van der Waals surface area contributed by atoms with Crippen molar-refractivity contribution in [2.45, 2.75) is 24.9 Å². The van der Waals surface area contributed by atoms with Gasteiger partial charge in [0, 0.05) is 17.3 Å². The molecule has 0 fully saturated rings. The molecule has 1 aromatic heterocycles. The number of furan rings is 1. The number of benzene rings is 3. The van der Waals surface area contributed by atoms with Gasteiger partial charge in [0.05, 0.1) is 17.7 Å². The van der Waals surface area contributed by atoms with Gasteiger partial charge in [-0.05, 0) is 61.0 Å². The summed E-state index contributed by atoms with van der Waals surface area (Å²) in [5.41, 5.74) is 4.47. The van der Waals surface area contributed by atoms with Crippen LogP contribution in [0.1, 0.15) is 22.6 Å². The summed E-state index contributed by atoms with van der Waals surface area (Å²) in [7, 11) is -3.90. The van der Waals surface area contributed by atoms with Crippen LogP contribution in [0.4, 0.5) is 5.69 Å². The van der Waals surface area contributed by atoms with Crippen LogP contribution in [0.15, 0.2) is 105 Å². The molecule has 0 saturated heterocycles. The van der Waals surface area contributed by atoms with Gasteiger partial charge in [0.15, 0.2) is 0 Å². The summed E-state index contributed by atoms with van der Waals surface area (Å²) < 4.78 is 34.0. The van der Waals surface area contributed by atoms with Gasteiger partial charge >= 0.3 is 11.8 Å². The van der Waals surface area contributed by atoms with Gasteiger partial charge in [-0.1, -0.05) is 59.6 Å². The molecular weight excluding hydrogens is 540 g/mol. The zero-order chi connectivity index (χ0) is 27.8. The number of nitrogens with one attached hydrogen (secondary N) is 2. The third kappa shape index (κ3) is 7.64. The Hall–Kier alpha value is -4.25. The standard InChI is InChI=1S/C28H25ClN4O5S/c1-20-7-9-21(10-8-20)18-33(39(36,37)26-15-11-22(29)12-16-26)19-25-14-13-24(38-25)17-30-32-28(35)27(34)31-23-5-3-2-4-6-23/h2-17H,18-19H2,1H3,(H,31,34)(H,32,35)/b30-17+. The van der Waals surface area contributed by atoms with E-state index >= 15 is 0 Å². The molecule has 2 amide bonds. The molecule has 0 spiro atoms. The fraction of sp³-hybridized carbons (Fsp3) is 0.107. The van der Waals surface area contributed by atoms with Crippen molar-refractivity contribution in [2.75, 3.05) is 5.32 Å². The maximum atomic E-state index is 13.5. The summed E-state index contributed by atoms with van der Waals surface area (Å²) in [4.78, 5) is 24.1.